The van der Waals surface area contributed by atoms with Crippen molar-refractivity contribution in [1.29, 1.82) is 0 Å². The Morgan fingerprint density at radius 3 is 2.53 bits per heavy atom. The predicted octanol–water partition coefficient (Wildman–Crippen LogP) is 1.08. The Balaban J connectivity index is 2.42. The van der Waals surface area contributed by atoms with Crippen LogP contribution in [0.4, 0.5) is 0 Å². The van der Waals surface area contributed by atoms with Crippen molar-refractivity contribution in [2.45, 2.75) is 45.3 Å². The van der Waals surface area contributed by atoms with Crippen LogP contribution in [-0.2, 0) is 19.4 Å². The summed E-state index contributed by atoms with van der Waals surface area (Å²) in [4.78, 5) is 10.7. The van der Waals surface area contributed by atoms with E-state index in [0.29, 0.717) is 25.2 Å². The molecular weight excluding hydrogens is 244 g/mol. The molecule has 5 nitrogen and oxygen atoms in total. The van der Waals surface area contributed by atoms with E-state index in [-0.39, 0.29) is 11.5 Å². The second kappa shape index (κ2) is 5.82. The first-order valence-electron chi connectivity index (χ1n) is 5.89. The number of hydrogen-bond acceptors (Lipinski definition) is 4. The van der Waals surface area contributed by atoms with Crippen LogP contribution in [0.1, 0.15) is 33.1 Å². The summed E-state index contributed by atoms with van der Waals surface area (Å²) in [5.74, 6) is -0.556. The van der Waals surface area contributed by atoms with Crippen LogP contribution in [0, 0.1) is 5.92 Å². The first-order chi connectivity index (χ1) is 7.80. The van der Waals surface area contributed by atoms with Gasteiger partial charge >= 0.3 is 5.97 Å². The molecule has 0 saturated carbocycles. The highest BCUT2D eigenvalue weighted by Gasteiger charge is 2.33. The molecule has 2 atom stereocenters. The molecule has 100 valence electrons. The van der Waals surface area contributed by atoms with E-state index in [1.807, 2.05) is 13.8 Å². The topological polar surface area (TPSA) is 80.7 Å². The second-order valence-electron chi connectivity index (χ2n) is 4.96. The summed E-state index contributed by atoms with van der Waals surface area (Å²) < 4.78 is 28.7. The Labute approximate surface area is 102 Å². The third-order valence-electron chi connectivity index (χ3n) is 2.83. The van der Waals surface area contributed by atoms with Crippen molar-refractivity contribution < 1.29 is 23.1 Å². The monoisotopic (exact) mass is 264 g/mol. The zero-order valence-corrected chi connectivity index (χ0v) is 11.1. The van der Waals surface area contributed by atoms with Crippen LogP contribution >= 0.6 is 0 Å². The molecule has 0 aromatic heterocycles. The van der Waals surface area contributed by atoms with Gasteiger partial charge in [0, 0.05) is 0 Å². The Kier molecular flexibility index (Phi) is 4.94. The lowest BCUT2D eigenvalue weighted by Gasteiger charge is -2.12. The van der Waals surface area contributed by atoms with Gasteiger partial charge in [-0.15, -0.1) is 0 Å². The van der Waals surface area contributed by atoms with Gasteiger partial charge in [0.15, 0.2) is 15.9 Å². The van der Waals surface area contributed by atoms with Crippen molar-refractivity contribution in [3.8, 4) is 0 Å². The second-order valence-corrected chi connectivity index (χ2v) is 7.19. The number of carboxylic acid groups (broad SMARTS) is 1. The average Bonchev–Trinajstić information content (AvgIpc) is 2.63. The quantitative estimate of drug-likeness (QED) is 0.776. The molecule has 1 rings (SSSR count). The molecule has 1 N–H and O–H groups in total. The highest BCUT2D eigenvalue weighted by atomic mass is 32.2. The molecule has 1 aliphatic rings. The van der Waals surface area contributed by atoms with E-state index >= 15 is 0 Å². The molecule has 0 amide bonds. The third-order valence-corrected chi connectivity index (χ3v) is 4.57. The number of ether oxygens (including phenoxy) is 1. The van der Waals surface area contributed by atoms with Gasteiger partial charge < -0.3 is 9.84 Å². The standard InChI is InChI=1S/C11H20O5S/c1-8(2)5-6-17(14,15)7-9-3-4-10(16-9)11(12)13/h8-10H,3-7H2,1-2H3,(H,12,13). The van der Waals surface area contributed by atoms with Crippen LogP contribution in [0.3, 0.4) is 0 Å². The molecule has 1 aliphatic heterocycles. The number of carboxylic acids is 1. The van der Waals surface area contributed by atoms with Crippen LogP contribution in [0.2, 0.25) is 0 Å². The van der Waals surface area contributed by atoms with Crippen molar-refractivity contribution in [2.24, 2.45) is 5.92 Å². The Bertz CT molecular complexity index is 360. The molecular formula is C11H20O5S. The highest BCUT2D eigenvalue weighted by molar-refractivity contribution is 7.91. The SMILES string of the molecule is CC(C)CCS(=O)(=O)CC1CCC(C(=O)O)O1. The van der Waals surface area contributed by atoms with Gasteiger partial charge in [-0.1, -0.05) is 13.8 Å². The maximum Gasteiger partial charge on any atom is 0.332 e. The maximum absolute atomic E-state index is 11.7. The minimum absolute atomic E-state index is 0.0521. The van der Waals surface area contributed by atoms with E-state index in [0.717, 1.165) is 0 Å². The molecule has 6 heteroatoms. The fourth-order valence-corrected chi connectivity index (χ4v) is 3.60. The summed E-state index contributed by atoms with van der Waals surface area (Å²) in [7, 11) is -3.13. The van der Waals surface area contributed by atoms with Gasteiger partial charge in [-0.3, -0.25) is 0 Å². The van der Waals surface area contributed by atoms with Gasteiger partial charge in [-0.2, -0.15) is 0 Å². The van der Waals surface area contributed by atoms with Crippen molar-refractivity contribution >= 4 is 15.8 Å². The highest BCUT2D eigenvalue weighted by Crippen LogP contribution is 2.21. The lowest BCUT2D eigenvalue weighted by atomic mass is 10.2. The molecule has 0 spiro atoms. The number of hydrogen-bond donors (Lipinski definition) is 1. The number of aliphatic carboxylic acids is 1. The van der Waals surface area contributed by atoms with Crippen LogP contribution in [-0.4, -0.2) is 43.2 Å². The van der Waals surface area contributed by atoms with Gasteiger partial charge in [-0.05, 0) is 25.2 Å². The molecule has 0 aromatic carbocycles. The van der Waals surface area contributed by atoms with Crippen LogP contribution in [0.15, 0.2) is 0 Å². The lowest BCUT2D eigenvalue weighted by molar-refractivity contribution is -0.148. The lowest BCUT2D eigenvalue weighted by Crippen LogP contribution is -2.26. The molecule has 1 fully saturated rings. The summed E-state index contributed by atoms with van der Waals surface area (Å²) in [6, 6.07) is 0. The fourth-order valence-electron chi connectivity index (χ4n) is 1.79. The minimum Gasteiger partial charge on any atom is -0.479 e. The molecule has 1 heterocycles. The van der Waals surface area contributed by atoms with E-state index in [1.165, 1.54) is 0 Å². The number of sulfone groups is 1. The van der Waals surface area contributed by atoms with Gasteiger partial charge in [0.05, 0.1) is 17.6 Å². The van der Waals surface area contributed by atoms with Gasteiger partial charge in [0.25, 0.3) is 0 Å². The summed E-state index contributed by atoms with van der Waals surface area (Å²) in [6.45, 7) is 3.95. The predicted molar refractivity (Wildman–Crippen MR) is 63.6 cm³/mol. The molecule has 0 bridgehead atoms. The van der Waals surface area contributed by atoms with Crippen molar-refractivity contribution in [3.63, 3.8) is 0 Å². The van der Waals surface area contributed by atoms with Crippen molar-refractivity contribution in [3.05, 3.63) is 0 Å². The summed E-state index contributed by atoms with van der Waals surface area (Å²) in [5.41, 5.74) is 0. The smallest absolute Gasteiger partial charge is 0.332 e. The van der Waals surface area contributed by atoms with Gasteiger partial charge in [0.2, 0.25) is 0 Å². The third kappa shape index (κ3) is 5.04. The fraction of sp³-hybridized carbons (Fsp3) is 0.909. The molecule has 17 heavy (non-hydrogen) atoms. The first-order valence-corrected chi connectivity index (χ1v) is 7.71. The van der Waals surface area contributed by atoms with Crippen LogP contribution in [0.25, 0.3) is 0 Å². The van der Waals surface area contributed by atoms with Crippen molar-refractivity contribution in [1.82, 2.24) is 0 Å². The van der Waals surface area contributed by atoms with Crippen LogP contribution < -0.4 is 0 Å². The van der Waals surface area contributed by atoms with E-state index in [4.69, 9.17) is 9.84 Å². The van der Waals surface area contributed by atoms with Gasteiger partial charge in [0.1, 0.15) is 0 Å². The van der Waals surface area contributed by atoms with E-state index < -0.39 is 28.0 Å². The average molecular weight is 264 g/mol. The Morgan fingerprint density at radius 1 is 1.41 bits per heavy atom. The molecule has 0 aromatic rings. The normalized spacial score (nSPS) is 25.4. The van der Waals surface area contributed by atoms with Crippen molar-refractivity contribution in [2.75, 3.05) is 11.5 Å². The van der Waals surface area contributed by atoms with Gasteiger partial charge in [-0.25, -0.2) is 13.2 Å². The van der Waals surface area contributed by atoms with E-state index in [2.05, 4.69) is 0 Å². The van der Waals surface area contributed by atoms with E-state index in [1.54, 1.807) is 0 Å². The molecule has 0 radical (unpaired) electrons. The zero-order chi connectivity index (χ0) is 13.1. The number of rotatable bonds is 6. The number of carbonyl (C=O) groups is 1. The maximum atomic E-state index is 11.7. The summed E-state index contributed by atoms with van der Waals surface area (Å²) in [5, 5.41) is 8.73. The van der Waals surface area contributed by atoms with Crippen LogP contribution in [0.5, 0.6) is 0 Å². The summed E-state index contributed by atoms with van der Waals surface area (Å²) >= 11 is 0. The molecule has 1 saturated heterocycles. The zero-order valence-electron chi connectivity index (χ0n) is 10.3. The minimum atomic E-state index is -3.13. The Hall–Kier alpha value is -0.620. The largest absolute Gasteiger partial charge is 0.479 e. The Morgan fingerprint density at radius 2 is 2.06 bits per heavy atom. The first kappa shape index (κ1) is 14.4. The van der Waals surface area contributed by atoms with E-state index in [9.17, 15) is 13.2 Å². The summed E-state index contributed by atoms with van der Waals surface area (Å²) in [6.07, 6.45) is 0.267. The molecule has 0 aliphatic carbocycles. The molecule has 2 unspecified atom stereocenters.